The number of rotatable bonds is 6. The van der Waals surface area contributed by atoms with Crippen molar-refractivity contribution in [1.29, 1.82) is 0 Å². The van der Waals surface area contributed by atoms with E-state index in [1.807, 2.05) is 63.2 Å². The minimum absolute atomic E-state index is 0.195. The van der Waals surface area contributed by atoms with Gasteiger partial charge in [0, 0.05) is 5.56 Å². The second-order valence-corrected chi connectivity index (χ2v) is 9.66. The normalized spacial score (nSPS) is 21.5. The fourth-order valence-corrected chi connectivity index (χ4v) is 5.07. The van der Waals surface area contributed by atoms with Gasteiger partial charge in [0.1, 0.15) is 0 Å². The van der Waals surface area contributed by atoms with Crippen molar-refractivity contribution in [3.8, 4) is 11.1 Å². The molecule has 34 heavy (non-hydrogen) atoms. The van der Waals surface area contributed by atoms with E-state index in [0.29, 0.717) is 12.1 Å². The molecule has 9 nitrogen and oxygen atoms in total. The summed E-state index contributed by atoms with van der Waals surface area (Å²) in [6.07, 6.45) is 0.609. The van der Waals surface area contributed by atoms with Crippen LogP contribution in [0.2, 0.25) is 0 Å². The van der Waals surface area contributed by atoms with Crippen molar-refractivity contribution >= 4 is 17.5 Å². The number of anilines is 1. The number of carbonyl (C=O) groups is 2. The third-order valence-electron chi connectivity index (χ3n) is 6.93. The highest BCUT2D eigenvalue weighted by Crippen LogP contribution is 2.41. The summed E-state index contributed by atoms with van der Waals surface area (Å²) in [5.41, 5.74) is 4.45. The van der Waals surface area contributed by atoms with Gasteiger partial charge in [-0.15, -0.1) is 0 Å². The fourth-order valence-electron chi connectivity index (χ4n) is 5.07. The van der Waals surface area contributed by atoms with Gasteiger partial charge in [-0.3, -0.25) is 15.0 Å². The van der Waals surface area contributed by atoms with Crippen molar-refractivity contribution in [3.63, 3.8) is 0 Å². The number of hydrazine groups is 1. The van der Waals surface area contributed by atoms with Gasteiger partial charge in [-0.25, -0.2) is 14.5 Å². The van der Waals surface area contributed by atoms with Crippen molar-refractivity contribution in [3.05, 3.63) is 64.6 Å². The van der Waals surface area contributed by atoms with Crippen molar-refractivity contribution in [1.82, 2.24) is 19.6 Å². The van der Waals surface area contributed by atoms with Crippen LogP contribution in [0.25, 0.3) is 11.1 Å². The van der Waals surface area contributed by atoms with Crippen LogP contribution in [-0.2, 0) is 15.3 Å². The molecule has 1 aromatic heterocycles. The van der Waals surface area contributed by atoms with Crippen molar-refractivity contribution in [2.24, 2.45) is 5.92 Å². The van der Waals surface area contributed by atoms with Crippen molar-refractivity contribution < 1.29 is 14.7 Å². The Morgan fingerprint density at radius 3 is 2.41 bits per heavy atom. The fraction of sp³-hybridized carbons (Fsp3) is 0.400. The third-order valence-corrected chi connectivity index (χ3v) is 6.93. The lowest BCUT2D eigenvalue weighted by Crippen LogP contribution is -2.52. The Morgan fingerprint density at radius 1 is 1.09 bits per heavy atom. The summed E-state index contributed by atoms with van der Waals surface area (Å²) >= 11 is 0. The van der Waals surface area contributed by atoms with Gasteiger partial charge in [-0.1, -0.05) is 56.3 Å². The highest BCUT2D eigenvalue weighted by atomic mass is 16.3. The number of hydrogen-bond donors (Lipinski definition) is 2. The molecule has 0 aliphatic carbocycles. The highest BCUT2D eigenvalue weighted by molar-refractivity contribution is 6.07. The number of nitrogens with zero attached hydrogens (tertiary/aromatic N) is 4. The lowest BCUT2D eigenvalue weighted by molar-refractivity contribution is -0.129. The molecule has 2 aliphatic heterocycles. The molecule has 0 radical (unpaired) electrons. The molecule has 178 valence electrons. The summed E-state index contributed by atoms with van der Waals surface area (Å²) in [6.45, 7) is 7.29. The first-order valence-electron chi connectivity index (χ1n) is 11.6. The number of hydrogen-bond acceptors (Lipinski definition) is 4. The number of aromatic nitrogens is 3. The van der Waals surface area contributed by atoms with Crippen LogP contribution in [0.3, 0.4) is 0 Å². The topological polar surface area (TPSA) is 102 Å². The van der Waals surface area contributed by atoms with E-state index in [1.165, 1.54) is 14.4 Å². The lowest BCUT2D eigenvalue weighted by Gasteiger charge is -2.26. The van der Waals surface area contributed by atoms with Crippen LogP contribution in [-0.4, -0.2) is 37.7 Å². The molecule has 0 saturated carbocycles. The molecule has 2 amide bonds. The number of aliphatic hydroxyl groups excluding tert-OH is 1. The Balaban J connectivity index is 1.48. The summed E-state index contributed by atoms with van der Waals surface area (Å²) < 4.78 is 2.79. The first-order valence-corrected chi connectivity index (χ1v) is 11.6. The van der Waals surface area contributed by atoms with E-state index in [9.17, 15) is 19.5 Å². The monoisotopic (exact) mass is 463 g/mol. The summed E-state index contributed by atoms with van der Waals surface area (Å²) in [4.78, 5) is 41.3. The van der Waals surface area contributed by atoms with Crippen LogP contribution in [0.5, 0.6) is 0 Å². The molecule has 0 spiro atoms. The number of para-hydroxylation sites is 1. The van der Waals surface area contributed by atoms with E-state index in [2.05, 4.69) is 5.43 Å². The third kappa shape index (κ3) is 3.00. The SMILES string of the molecule is CC(C)C[C@H](CO)n1c(=O)n2n1[C@@]2(C)C(=O)NN1C(=O)C(C)c2ccccc2-c2ccccc21. The summed E-state index contributed by atoms with van der Waals surface area (Å²) in [7, 11) is 0. The van der Waals surface area contributed by atoms with Gasteiger partial charge < -0.3 is 5.11 Å². The number of fused-ring (bicyclic) bond motifs is 4. The molecule has 3 heterocycles. The van der Waals surface area contributed by atoms with Gasteiger partial charge in [-0.2, -0.15) is 9.48 Å². The molecule has 2 aliphatic rings. The number of benzene rings is 2. The molecule has 3 atom stereocenters. The van der Waals surface area contributed by atoms with E-state index < -0.39 is 23.5 Å². The lowest BCUT2D eigenvalue weighted by atomic mass is 9.92. The van der Waals surface area contributed by atoms with Crippen molar-refractivity contribution in [2.45, 2.75) is 51.7 Å². The van der Waals surface area contributed by atoms with E-state index in [4.69, 9.17) is 0 Å². The maximum absolute atomic E-state index is 13.5. The Labute approximate surface area is 197 Å². The summed E-state index contributed by atoms with van der Waals surface area (Å²) in [5.74, 6) is -0.959. The molecule has 2 aromatic carbocycles. The molecule has 9 heteroatoms. The van der Waals surface area contributed by atoms with Crippen LogP contribution in [0, 0.1) is 5.92 Å². The van der Waals surface area contributed by atoms with Gasteiger partial charge in [0.2, 0.25) is 0 Å². The van der Waals surface area contributed by atoms with Crippen LogP contribution in [0.4, 0.5) is 5.69 Å². The molecule has 1 unspecified atom stereocenters. The first-order chi connectivity index (χ1) is 16.2. The molecular weight excluding hydrogens is 434 g/mol. The Kier molecular flexibility index (Phi) is 5.05. The molecule has 2 N–H and O–H groups in total. The maximum atomic E-state index is 13.5. The van der Waals surface area contributed by atoms with E-state index in [-0.39, 0.29) is 24.1 Å². The molecule has 3 aromatic rings. The van der Waals surface area contributed by atoms with Gasteiger partial charge in [0.15, 0.2) is 0 Å². The largest absolute Gasteiger partial charge is 0.394 e. The van der Waals surface area contributed by atoms with Gasteiger partial charge in [0.25, 0.3) is 17.5 Å². The zero-order chi connectivity index (χ0) is 24.4. The standard InChI is InChI=1S/C25H29N5O4/c1-15(2)13-17(14-31)28-24(34)29-25(4,30(28)29)23(33)26-27-21-12-8-7-11-20(21)19-10-6-5-9-18(19)16(3)22(27)32/h5-12,15-17,31H,13-14H2,1-4H3,(H,26,33)/t16?,17-,25+,29?,30?/m1/s1. The zero-order valence-electron chi connectivity index (χ0n) is 19.7. The second-order valence-electron chi connectivity index (χ2n) is 9.66. The molecule has 0 fully saturated rings. The predicted molar refractivity (Wildman–Crippen MR) is 127 cm³/mol. The van der Waals surface area contributed by atoms with Gasteiger partial charge in [-0.05, 0) is 43.4 Å². The first kappa shape index (κ1) is 22.2. The Hall–Kier alpha value is -3.59. The minimum atomic E-state index is -1.26. The number of amides is 2. The average Bonchev–Trinajstić information content (AvgIpc) is 3.42. The number of aliphatic hydroxyl groups is 1. The molecule has 0 saturated heterocycles. The number of carbonyl (C=O) groups excluding carboxylic acids is 2. The molecule has 0 bridgehead atoms. The maximum Gasteiger partial charge on any atom is 0.363 e. The Morgan fingerprint density at radius 2 is 1.74 bits per heavy atom. The highest BCUT2D eigenvalue weighted by Gasteiger charge is 2.61. The van der Waals surface area contributed by atoms with E-state index in [1.54, 1.807) is 17.8 Å². The van der Waals surface area contributed by atoms with Gasteiger partial charge in [0.05, 0.1) is 24.3 Å². The van der Waals surface area contributed by atoms with E-state index >= 15 is 0 Å². The zero-order valence-corrected chi connectivity index (χ0v) is 19.7. The minimum Gasteiger partial charge on any atom is -0.394 e. The van der Waals surface area contributed by atoms with Gasteiger partial charge >= 0.3 is 5.69 Å². The molecular formula is C25H29N5O4. The second kappa shape index (κ2) is 7.73. The van der Waals surface area contributed by atoms with Crippen LogP contribution < -0.4 is 16.1 Å². The predicted octanol–water partition coefficient (Wildman–Crippen LogP) is 2.41. The van der Waals surface area contributed by atoms with Crippen LogP contribution in [0.1, 0.15) is 51.6 Å². The van der Waals surface area contributed by atoms with Crippen LogP contribution in [0.15, 0.2) is 53.3 Å². The summed E-state index contributed by atoms with van der Waals surface area (Å²) in [6, 6.07) is 14.8. The van der Waals surface area contributed by atoms with Crippen LogP contribution >= 0.6 is 0 Å². The smallest absolute Gasteiger partial charge is 0.363 e. The average molecular weight is 464 g/mol. The van der Waals surface area contributed by atoms with Crippen molar-refractivity contribution in [2.75, 3.05) is 11.6 Å². The van der Waals surface area contributed by atoms with E-state index in [0.717, 1.165) is 16.7 Å². The molecule has 5 rings (SSSR count). The summed E-state index contributed by atoms with van der Waals surface area (Å²) in [5, 5.41) is 11.1. The quantitative estimate of drug-likeness (QED) is 0.586. The number of nitrogens with one attached hydrogen (secondary N) is 1. The Bertz CT molecular complexity index is 1350.